The number of nitrogens with zero attached hydrogens (tertiary/aromatic N) is 3. The number of likely N-dealkylation sites (N-methyl/N-ethyl adjacent to an activating group) is 1. The van der Waals surface area contributed by atoms with Gasteiger partial charge in [-0.3, -0.25) is 4.90 Å². The molecule has 0 saturated carbocycles. The number of nitrogens with two attached hydrogens (primary N) is 1. The van der Waals surface area contributed by atoms with E-state index in [0.717, 1.165) is 38.4 Å². The SMILES string of the molecule is CN1CCN(Cc2coc(N)n2)CC1. The van der Waals surface area contributed by atoms with E-state index in [4.69, 9.17) is 10.2 Å². The number of anilines is 1. The highest BCUT2D eigenvalue weighted by Crippen LogP contribution is 2.08. The lowest BCUT2D eigenvalue weighted by Gasteiger charge is -2.31. The van der Waals surface area contributed by atoms with Gasteiger partial charge in [-0.1, -0.05) is 0 Å². The quantitative estimate of drug-likeness (QED) is 0.721. The number of hydrogen-bond acceptors (Lipinski definition) is 5. The molecular weight excluding hydrogens is 180 g/mol. The predicted octanol–water partition coefficient (Wildman–Crippen LogP) is 0.00420. The zero-order valence-electron chi connectivity index (χ0n) is 8.44. The summed E-state index contributed by atoms with van der Waals surface area (Å²) in [5.74, 6) is 0. The predicted molar refractivity (Wildman–Crippen MR) is 53.7 cm³/mol. The normalized spacial score (nSPS) is 20.1. The van der Waals surface area contributed by atoms with E-state index < -0.39 is 0 Å². The first-order valence-corrected chi connectivity index (χ1v) is 4.85. The smallest absolute Gasteiger partial charge is 0.292 e. The first-order valence-electron chi connectivity index (χ1n) is 4.85. The summed E-state index contributed by atoms with van der Waals surface area (Å²) in [6, 6.07) is 0.258. The molecule has 0 aromatic carbocycles. The molecule has 1 aliphatic rings. The maximum atomic E-state index is 5.40. The largest absolute Gasteiger partial charge is 0.432 e. The van der Waals surface area contributed by atoms with E-state index in [2.05, 4.69) is 21.8 Å². The number of hydrogen-bond donors (Lipinski definition) is 1. The van der Waals surface area contributed by atoms with Crippen LogP contribution in [0.4, 0.5) is 6.01 Å². The number of rotatable bonds is 2. The molecule has 2 rings (SSSR count). The van der Waals surface area contributed by atoms with Crippen LogP contribution in [-0.2, 0) is 6.54 Å². The first kappa shape index (κ1) is 9.48. The molecule has 14 heavy (non-hydrogen) atoms. The molecule has 2 heterocycles. The van der Waals surface area contributed by atoms with Crippen LogP contribution in [0, 0.1) is 0 Å². The fraction of sp³-hybridized carbons (Fsp3) is 0.667. The van der Waals surface area contributed by atoms with Gasteiger partial charge in [-0.25, -0.2) is 0 Å². The van der Waals surface area contributed by atoms with E-state index in [-0.39, 0.29) is 6.01 Å². The van der Waals surface area contributed by atoms with Crippen molar-refractivity contribution in [3.05, 3.63) is 12.0 Å². The summed E-state index contributed by atoms with van der Waals surface area (Å²) >= 11 is 0. The van der Waals surface area contributed by atoms with Gasteiger partial charge in [0.2, 0.25) is 0 Å². The van der Waals surface area contributed by atoms with Gasteiger partial charge in [0.25, 0.3) is 6.01 Å². The van der Waals surface area contributed by atoms with Crippen LogP contribution in [0.1, 0.15) is 5.69 Å². The molecule has 0 amide bonds. The minimum Gasteiger partial charge on any atom is -0.432 e. The topological polar surface area (TPSA) is 58.5 Å². The summed E-state index contributed by atoms with van der Waals surface area (Å²) in [5, 5.41) is 0. The Morgan fingerprint density at radius 1 is 1.43 bits per heavy atom. The molecule has 1 aromatic rings. The fourth-order valence-corrected chi connectivity index (χ4v) is 1.63. The Hall–Kier alpha value is -1.07. The van der Waals surface area contributed by atoms with Crippen molar-refractivity contribution < 1.29 is 4.42 Å². The summed E-state index contributed by atoms with van der Waals surface area (Å²) in [6.45, 7) is 5.25. The number of piperazine rings is 1. The second-order valence-electron chi connectivity index (χ2n) is 3.76. The Morgan fingerprint density at radius 2 is 2.14 bits per heavy atom. The van der Waals surface area contributed by atoms with Crippen LogP contribution in [0.25, 0.3) is 0 Å². The van der Waals surface area contributed by atoms with Gasteiger partial charge in [0.1, 0.15) is 6.26 Å². The molecule has 0 spiro atoms. The molecule has 0 atom stereocenters. The van der Waals surface area contributed by atoms with Gasteiger partial charge in [0, 0.05) is 32.7 Å². The number of aromatic nitrogens is 1. The van der Waals surface area contributed by atoms with Crippen LogP contribution in [-0.4, -0.2) is 48.0 Å². The molecule has 78 valence electrons. The van der Waals surface area contributed by atoms with Crippen molar-refractivity contribution in [1.82, 2.24) is 14.8 Å². The lowest BCUT2D eigenvalue weighted by atomic mass is 10.3. The summed E-state index contributed by atoms with van der Waals surface area (Å²) < 4.78 is 4.96. The Bertz CT molecular complexity index is 291. The Morgan fingerprint density at radius 3 is 2.71 bits per heavy atom. The average Bonchev–Trinajstić information content (AvgIpc) is 2.56. The van der Waals surface area contributed by atoms with Crippen molar-refractivity contribution in [2.24, 2.45) is 0 Å². The lowest BCUT2D eigenvalue weighted by molar-refractivity contribution is 0.147. The molecule has 1 aromatic heterocycles. The molecule has 5 heteroatoms. The van der Waals surface area contributed by atoms with Crippen LogP contribution in [0.3, 0.4) is 0 Å². The van der Waals surface area contributed by atoms with E-state index in [0.29, 0.717) is 0 Å². The van der Waals surface area contributed by atoms with Gasteiger partial charge in [-0.15, -0.1) is 0 Å². The van der Waals surface area contributed by atoms with Gasteiger partial charge in [0.05, 0.1) is 5.69 Å². The van der Waals surface area contributed by atoms with Crippen molar-refractivity contribution in [1.29, 1.82) is 0 Å². The molecule has 1 fully saturated rings. The molecule has 2 N–H and O–H groups in total. The second kappa shape index (κ2) is 3.98. The highest BCUT2D eigenvalue weighted by Gasteiger charge is 2.14. The summed E-state index contributed by atoms with van der Waals surface area (Å²) in [7, 11) is 2.14. The summed E-state index contributed by atoms with van der Waals surface area (Å²) in [5.41, 5.74) is 6.32. The molecule has 1 aliphatic heterocycles. The van der Waals surface area contributed by atoms with Crippen molar-refractivity contribution in [3.63, 3.8) is 0 Å². The third-order valence-corrected chi connectivity index (χ3v) is 2.55. The Labute approximate surface area is 83.5 Å². The molecule has 0 aliphatic carbocycles. The zero-order chi connectivity index (χ0) is 9.97. The van der Waals surface area contributed by atoms with Gasteiger partial charge < -0.3 is 15.1 Å². The van der Waals surface area contributed by atoms with Crippen LogP contribution in [0.15, 0.2) is 10.7 Å². The second-order valence-corrected chi connectivity index (χ2v) is 3.76. The van der Waals surface area contributed by atoms with Crippen LogP contribution >= 0.6 is 0 Å². The highest BCUT2D eigenvalue weighted by atomic mass is 16.4. The Kier molecular flexibility index (Phi) is 2.69. The molecule has 5 nitrogen and oxygen atoms in total. The molecule has 0 bridgehead atoms. The van der Waals surface area contributed by atoms with Crippen molar-refractivity contribution >= 4 is 6.01 Å². The van der Waals surface area contributed by atoms with Gasteiger partial charge in [-0.2, -0.15) is 4.98 Å². The molecule has 0 radical (unpaired) electrons. The van der Waals surface area contributed by atoms with Gasteiger partial charge in [0.15, 0.2) is 0 Å². The third-order valence-electron chi connectivity index (χ3n) is 2.55. The third kappa shape index (κ3) is 2.24. The first-order chi connectivity index (χ1) is 6.74. The fourth-order valence-electron chi connectivity index (χ4n) is 1.63. The van der Waals surface area contributed by atoms with Gasteiger partial charge >= 0.3 is 0 Å². The van der Waals surface area contributed by atoms with E-state index in [1.54, 1.807) is 6.26 Å². The summed E-state index contributed by atoms with van der Waals surface area (Å²) in [6.07, 6.45) is 1.63. The minimum absolute atomic E-state index is 0.258. The van der Waals surface area contributed by atoms with E-state index in [9.17, 15) is 0 Å². The van der Waals surface area contributed by atoms with Gasteiger partial charge in [-0.05, 0) is 7.05 Å². The lowest BCUT2D eigenvalue weighted by Crippen LogP contribution is -2.43. The van der Waals surface area contributed by atoms with E-state index in [1.165, 1.54) is 0 Å². The molecular formula is C9H16N4O. The van der Waals surface area contributed by atoms with E-state index in [1.807, 2.05) is 0 Å². The standard InChI is InChI=1S/C9H16N4O/c1-12-2-4-13(5-3-12)6-8-7-14-9(10)11-8/h7H,2-6H2,1H3,(H2,10,11). The minimum atomic E-state index is 0.258. The maximum absolute atomic E-state index is 5.40. The van der Waals surface area contributed by atoms with Crippen LogP contribution in [0.2, 0.25) is 0 Å². The highest BCUT2D eigenvalue weighted by molar-refractivity contribution is 5.12. The summed E-state index contributed by atoms with van der Waals surface area (Å²) in [4.78, 5) is 8.77. The van der Waals surface area contributed by atoms with E-state index >= 15 is 0 Å². The molecule has 1 saturated heterocycles. The maximum Gasteiger partial charge on any atom is 0.292 e. The van der Waals surface area contributed by atoms with Crippen molar-refractivity contribution in [2.75, 3.05) is 39.0 Å². The van der Waals surface area contributed by atoms with Crippen LogP contribution < -0.4 is 5.73 Å². The van der Waals surface area contributed by atoms with Crippen molar-refractivity contribution in [2.45, 2.75) is 6.54 Å². The zero-order valence-corrected chi connectivity index (χ0v) is 8.44. The number of oxazole rings is 1. The van der Waals surface area contributed by atoms with Crippen LogP contribution in [0.5, 0.6) is 0 Å². The monoisotopic (exact) mass is 196 g/mol. The molecule has 0 unspecified atom stereocenters. The Balaban J connectivity index is 1.86. The number of nitrogen functional groups attached to an aromatic ring is 1. The van der Waals surface area contributed by atoms with Crippen molar-refractivity contribution in [3.8, 4) is 0 Å². The average molecular weight is 196 g/mol.